The maximum atomic E-state index is 11.7. The summed E-state index contributed by atoms with van der Waals surface area (Å²) in [7, 11) is -0.246. The molecular weight excluding hydrogens is 268 g/mol. The summed E-state index contributed by atoms with van der Waals surface area (Å²) >= 11 is 1.76. The minimum Gasteiger partial charge on any atom is -0.201 e. The lowest BCUT2D eigenvalue weighted by molar-refractivity contribution is 0.504. The van der Waals surface area contributed by atoms with Crippen LogP contribution in [0.15, 0.2) is 35.2 Å². The summed E-state index contributed by atoms with van der Waals surface area (Å²) in [5.74, 6) is 0. The van der Waals surface area contributed by atoms with E-state index in [1.807, 2.05) is 18.2 Å². The van der Waals surface area contributed by atoms with Gasteiger partial charge in [-0.05, 0) is 25.0 Å². The van der Waals surface area contributed by atoms with E-state index in [-0.39, 0.29) is 4.75 Å². The first-order chi connectivity index (χ1) is 8.44. The van der Waals surface area contributed by atoms with Gasteiger partial charge in [-0.25, -0.2) is 4.72 Å². The molecule has 18 heavy (non-hydrogen) atoms. The lowest BCUT2D eigenvalue weighted by Crippen LogP contribution is -2.39. The minimum atomic E-state index is -3.31. The van der Waals surface area contributed by atoms with Gasteiger partial charge in [-0.1, -0.05) is 18.2 Å². The van der Waals surface area contributed by atoms with Crippen molar-refractivity contribution in [2.75, 3.05) is 20.6 Å². The van der Waals surface area contributed by atoms with Crippen LogP contribution in [0.1, 0.15) is 12.8 Å². The fraction of sp³-hybridized carbons (Fsp3) is 0.500. The van der Waals surface area contributed by atoms with Crippen LogP contribution in [0.25, 0.3) is 0 Å². The molecule has 1 aromatic rings. The van der Waals surface area contributed by atoms with Crippen molar-refractivity contribution in [2.45, 2.75) is 22.5 Å². The van der Waals surface area contributed by atoms with Crippen LogP contribution in [0.2, 0.25) is 0 Å². The Balaban J connectivity index is 1.94. The summed E-state index contributed by atoms with van der Waals surface area (Å²) in [6.45, 7) is 0.493. The molecule has 0 heterocycles. The zero-order chi connectivity index (χ0) is 13.2. The SMILES string of the molecule is CN(C)S(=O)(=O)NCC1(Sc2ccccc2)CC1. The normalized spacial score (nSPS) is 17.9. The third-order valence-corrected chi connectivity index (χ3v) is 5.91. The first kappa shape index (κ1) is 13.9. The van der Waals surface area contributed by atoms with Gasteiger partial charge in [0.15, 0.2) is 0 Å². The predicted octanol–water partition coefficient (Wildman–Crippen LogP) is 1.71. The molecular formula is C12H18N2O2S2. The first-order valence-electron chi connectivity index (χ1n) is 5.85. The smallest absolute Gasteiger partial charge is 0.201 e. The lowest BCUT2D eigenvalue weighted by Gasteiger charge is -2.18. The van der Waals surface area contributed by atoms with Crippen molar-refractivity contribution < 1.29 is 8.42 Å². The average Bonchev–Trinajstić information content (AvgIpc) is 3.08. The number of nitrogens with one attached hydrogen (secondary N) is 1. The molecule has 1 saturated carbocycles. The molecule has 0 saturated heterocycles. The summed E-state index contributed by atoms with van der Waals surface area (Å²) in [5, 5.41) is 0. The highest BCUT2D eigenvalue weighted by Crippen LogP contribution is 2.51. The Morgan fingerprint density at radius 1 is 1.28 bits per heavy atom. The molecule has 6 heteroatoms. The molecule has 0 amide bonds. The Morgan fingerprint density at radius 2 is 1.89 bits per heavy atom. The zero-order valence-electron chi connectivity index (χ0n) is 10.6. The predicted molar refractivity (Wildman–Crippen MR) is 74.9 cm³/mol. The highest BCUT2D eigenvalue weighted by Gasteiger charge is 2.44. The van der Waals surface area contributed by atoms with Crippen LogP contribution in [0, 0.1) is 0 Å². The fourth-order valence-corrected chi connectivity index (χ4v) is 3.60. The molecule has 0 atom stereocenters. The molecule has 100 valence electrons. The van der Waals surface area contributed by atoms with Crippen molar-refractivity contribution >= 4 is 22.0 Å². The maximum absolute atomic E-state index is 11.7. The van der Waals surface area contributed by atoms with Gasteiger partial charge in [-0.3, -0.25) is 0 Å². The standard InChI is InChI=1S/C12H18N2O2S2/c1-14(2)18(15,16)13-10-12(8-9-12)17-11-6-4-3-5-7-11/h3-7,13H,8-10H2,1-2H3. The van der Waals surface area contributed by atoms with Crippen molar-refractivity contribution in [1.29, 1.82) is 0 Å². The van der Waals surface area contributed by atoms with E-state index in [1.165, 1.54) is 23.3 Å². The molecule has 0 aliphatic heterocycles. The van der Waals surface area contributed by atoms with E-state index in [2.05, 4.69) is 16.9 Å². The van der Waals surface area contributed by atoms with E-state index >= 15 is 0 Å². The quantitative estimate of drug-likeness (QED) is 0.866. The van der Waals surface area contributed by atoms with E-state index in [4.69, 9.17) is 0 Å². The van der Waals surface area contributed by atoms with Crippen LogP contribution in [-0.4, -0.2) is 38.1 Å². The maximum Gasteiger partial charge on any atom is 0.278 e. The van der Waals surface area contributed by atoms with Crippen LogP contribution < -0.4 is 4.72 Å². The fourth-order valence-electron chi connectivity index (χ4n) is 1.54. The molecule has 4 nitrogen and oxygen atoms in total. The van der Waals surface area contributed by atoms with E-state index in [0.717, 1.165) is 12.8 Å². The van der Waals surface area contributed by atoms with Gasteiger partial charge in [0.1, 0.15) is 0 Å². The number of thioether (sulfide) groups is 1. The van der Waals surface area contributed by atoms with Crippen LogP contribution in [-0.2, 0) is 10.2 Å². The molecule has 1 aromatic carbocycles. The second-order valence-corrected chi connectivity index (χ2v) is 8.22. The van der Waals surface area contributed by atoms with Crippen LogP contribution in [0.5, 0.6) is 0 Å². The Hall–Kier alpha value is -0.560. The Kier molecular flexibility index (Phi) is 4.01. The molecule has 2 rings (SSSR count). The Bertz CT molecular complexity index is 496. The van der Waals surface area contributed by atoms with Crippen LogP contribution in [0.3, 0.4) is 0 Å². The van der Waals surface area contributed by atoms with E-state index < -0.39 is 10.2 Å². The van der Waals surface area contributed by atoms with Gasteiger partial charge >= 0.3 is 0 Å². The summed E-state index contributed by atoms with van der Waals surface area (Å²) in [6, 6.07) is 10.1. The summed E-state index contributed by atoms with van der Waals surface area (Å²) < 4.78 is 27.2. The molecule has 0 spiro atoms. The van der Waals surface area contributed by atoms with Crippen molar-refractivity contribution in [2.24, 2.45) is 0 Å². The summed E-state index contributed by atoms with van der Waals surface area (Å²) in [5.41, 5.74) is 0. The largest absolute Gasteiger partial charge is 0.278 e. The van der Waals surface area contributed by atoms with E-state index in [9.17, 15) is 8.42 Å². The van der Waals surface area contributed by atoms with Crippen LogP contribution >= 0.6 is 11.8 Å². The van der Waals surface area contributed by atoms with Crippen molar-refractivity contribution in [1.82, 2.24) is 9.03 Å². The molecule has 0 unspecified atom stereocenters. The topological polar surface area (TPSA) is 49.4 Å². The second-order valence-electron chi connectivity index (χ2n) is 4.71. The van der Waals surface area contributed by atoms with Gasteiger partial charge in [0.25, 0.3) is 10.2 Å². The molecule has 1 fully saturated rings. The number of hydrogen-bond acceptors (Lipinski definition) is 3. The van der Waals surface area contributed by atoms with Crippen LogP contribution in [0.4, 0.5) is 0 Å². The van der Waals surface area contributed by atoms with E-state index in [0.29, 0.717) is 6.54 Å². The summed E-state index contributed by atoms with van der Waals surface area (Å²) in [6.07, 6.45) is 2.12. The van der Waals surface area contributed by atoms with Gasteiger partial charge in [-0.2, -0.15) is 12.7 Å². The number of rotatable bonds is 6. The monoisotopic (exact) mass is 286 g/mol. The molecule has 1 aliphatic carbocycles. The van der Waals surface area contributed by atoms with Gasteiger partial charge in [0.2, 0.25) is 0 Å². The van der Waals surface area contributed by atoms with Crippen molar-refractivity contribution in [3.8, 4) is 0 Å². The molecule has 0 bridgehead atoms. The Morgan fingerprint density at radius 3 is 2.39 bits per heavy atom. The number of nitrogens with zero attached hydrogens (tertiary/aromatic N) is 1. The van der Waals surface area contributed by atoms with Crippen molar-refractivity contribution in [3.05, 3.63) is 30.3 Å². The third kappa shape index (κ3) is 3.47. The molecule has 1 N–H and O–H groups in total. The molecule has 0 aromatic heterocycles. The van der Waals surface area contributed by atoms with Gasteiger partial charge in [0.05, 0.1) is 0 Å². The van der Waals surface area contributed by atoms with Crippen molar-refractivity contribution in [3.63, 3.8) is 0 Å². The highest BCUT2D eigenvalue weighted by molar-refractivity contribution is 8.01. The Labute approximate surface area is 113 Å². The minimum absolute atomic E-state index is 0.0461. The van der Waals surface area contributed by atoms with E-state index in [1.54, 1.807) is 11.8 Å². The van der Waals surface area contributed by atoms with Gasteiger partial charge < -0.3 is 0 Å². The highest BCUT2D eigenvalue weighted by atomic mass is 32.2. The summed E-state index contributed by atoms with van der Waals surface area (Å²) in [4.78, 5) is 1.19. The second kappa shape index (κ2) is 5.21. The van der Waals surface area contributed by atoms with Gasteiger partial charge in [-0.15, -0.1) is 11.8 Å². The zero-order valence-corrected chi connectivity index (χ0v) is 12.2. The average molecular weight is 286 g/mol. The van der Waals surface area contributed by atoms with Gasteiger partial charge in [0, 0.05) is 30.3 Å². The number of hydrogen-bond donors (Lipinski definition) is 1. The number of benzene rings is 1. The lowest BCUT2D eigenvalue weighted by atomic mass is 10.4. The third-order valence-electron chi connectivity index (χ3n) is 2.94. The first-order valence-corrected chi connectivity index (χ1v) is 8.10. The molecule has 0 radical (unpaired) electrons. The molecule has 1 aliphatic rings.